The van der Waals surface area contributed by atoms with Crippen LogP contribution in [0.3, 0.4) is 0 Å². The van der Waals surface area contributed by atoms with E-state index in [1.54, 1.807) is 0 Å². The molecule has 0 aromatic heterocycles. The third-order valence-electron chi connectivity index (χ3n) is 4.20. The summed E-state index contributed by atoms with van der Waals surface area (Å²) in [5.74, 6) is 0.226. The van der Waals surface area contributed by atoms with Crippen molar-refractivity contribution in [3.8, 4) is 0 Å². The summed E-state index contributed by atoms with van der Waals surface area (Å²) in [6, 6.07) is 14.8. The first-order chi connectivity index (χ1) is 10.7. The van der Waals surface area contributed by atoms with Gasteiger partial charge in [-0.2, -0.15) is 0 Å². The van der Waals surface area contributed by atoms with Crippen LogP contribution in [0.25, 0.3) is 10.8 Å². The third kappa shape index (κ3) is 4.44. The Morgan fingerprint density at radius 2 is 1.83 bits per heavy atom. The predicted octanol–water partition coefficient (Wildman–Crippen LogP) is 2.13. The number of hydrogen-bond acceptors (Lipinski definition) is 3. The van der Waals surface area contributed by atoms with E-state index in [1.165, 1.54) is 16.3 Å². The van der Waals surface area contributed by atoms with Gasteiger partial charge in [-0.15, -0.1) is 12.4 Å². The minimum absolute atomic E-state index is 0. The van der Waals surface area contributed by atoms with Gasteiger partial charge in [0.25, 0.3) is 0 Å². The van der Waals surface area contributed by atoms with Crippen LogP contribution in [-0.4, -0.2) is 55.5 Å². The molecule has 0 spiro atoms. The van der Waals surface area contributed by atoms with Crippen molar-refractivity contribution in [3.63, 3.8) is 0 Å². The topological polar surface area (TPSA) is 35.6 Å². The number of nitrogens with one attached hydrogen (secondary N) is 1. The Bertz CT molecular complexity index is 650. The molecule has 1 N–H and O–H groups in total. The molecule has 23 heavy (non-hydrogen) atoms. The Hall–Kier alpha value is -1.62. The summed E-state index contributed by atoms with van der Waals surface area (Å²) in [5.41, 5.74) is 1.27. The molecule has 1 saturated heterocycles. The molecule has 1 amide bonds. The Labute approximate surface area is 143 Å². The Morgan fingerprint density at radius 3 is 2.61 bits per heavy atom. The van der Waals surface area contributed by atoms with Crippen LogP contribution < -0.4 is 5.32 Å². The van der Waals surface area contributed by atoms with Crippen LogP contribution in [0, 0.1) is 0 Å². The molecule has 2 aromatic carbocycles. The first kappa shape index (κ1) is 17.7. The van der Waals surface area contributed by atoms with Crippen molar-refractivity contribution < 1.29 is 4.79 Å². The average Bonchev–Trinajstić information content (AvgIpc) is 2.56. The van der Waals surface area contributed by atoms with Gasteiger partial charge in [0.2, 0.25) is 5.91 Å². The fourth-order valence-corrected chi connectivity index (χ4v) is 3.02. The molecular formula is C18H24ClN3O. The number of carbonyl (C=O) groups excluding carboxylic acids is 1. The van der Waals surface area contributed by atoms with Crippen molar-refractivity contribution in [3.05, 3.63) is 48.0 Å². The highest BCUT2D eigenvalue weighted by molar-refractivity contribution is 5.86. The van der Waals surface area contributed by atoms with Gasteiger partial charge in [0, 0.05) is 32.7 Å². The fourth-order valence-electron chi connectivity index (χ4n) is 3.02. The Kier molecular flexibility index (Phi) is 6.39. The zero-order chi connectivity index (χ0) is 15.4. The third-order valence-corrected chi connectivity index (χ3v) is 4.20. The maximum atomic E-state index is 12.3. The number of rotatable bonds is 4. The largest absolute Gasteiger partial charge is 0.339 e. The first-order valence-electron chi connectivity index (χ1n) is 7.88. The highest BCUT2D eigenvalue weighted by Gasteiger charge is 2.17. The monoisotopic (exact) mass is 333 g/mol. The van der Waals surface area contributed by atoms with Gasteiger partial charge < -0.3 is 10.2 Å². The number of likely N-dealkylation sites (N-methyl/N-ethyl adjacent to an activating group) is 1. The van der Waals surface area contributed by atoms with E-state index in [4.69, 9.17) is 0 Å². The maximum Gasteiger partial charge on any atom is 0.236 e. The normalized spacial score (nSPS) is 14.8. The Morgan fingerprint density at radius 1 is 1.13 bits per heavy atom. The molecule has 0 unspecified atom stereocenters. The second-order valence-electron chi connectivity index (χ2n) is 5.94. The van der Waals surface area contributed by atoms with Crippen molar-refractivity contribution >= 4 is 29.1 Å². The van der Waals surface area contributed by atoms with Crippen molar-refractivity contribution in [2.75, 3.05) is 39.8 Å². The predicted molar refractivity (Wildman–Crippen MR) is 97.0 cm³/mol. The number of amides is 1. The second kappa shape index (κ2) is 8.29. The molecule has 0 saturated carbocycles. The van der Waals surface area contributed by atoms with Gasteiger partial charge in [-0.25, -0.2) is 0 Å². The maximum absolute atomic E-state index is 12.3. The lowest BCUT2D eigenvalue weighted by molar-refractivity contribution is -0.132. The molecule has 1 aliphatic rings. The molecule has 4 nitrogen and oxygen atoms in total. The average molecular weight is 334 g/mol. The minimum atomic E-state index is 0. The quantitative estimate of drug-likeness (QED) is 0.931. The van der Waals surface area contributed by atoms with Gasteiger partial charge in [0.1, 0.15) is 0 Å². The van der Waals surface area contributed by atoms with Gasteiger partial charge in [0.15, 0.2) is 0 Å². The SMILES string of the molecule is CN(CC(=O)N1CCNCC1)Cc1cccc2ccccc12.Cl. The van der Waals surface area contributed by atoms with Crippen molar-refractivity contribution in [2.45, 2.75) is 6.54 Å². The van der Waals surface area contributed by atoms with Crippen LogP contribution >= 0.6 is 12.4 Å². The molecule has 0 radical (unpaired) electrons. The van der Waals surface area contributed by atoms with E-state index in [-0.39, 0.29) is 18.3 Å². The van der Waals surface area contributed by atoms with Gasteiger partial charge in [0.05, 0.1) is 6.54 Å². The van der Waals surface area contributed by atoms with Crippen LogP contribution in [-0.2, 0) is 11.3 Å². The van der Waals surface area contributed by atoms with Crippen molar-refractivity contribution in [2.24, 2.45) is 0 Å². The standard InChI is InChI=1S/C18H23N3O.ClH/c1-20(14-18(22)21-11-9-19-10-12-21)13-16-7-4-6-15-5-2-3-8-17(15)16;/h2-8,19H,9-14H2,1H3;1H. The van der Waals surface area contributed by atoms with Gasteiger partial charge >= 0.3 is 0 Å². The van der Waals surface area contributed by atoms with Crippen LogP contribution in [0.1, 0.15) is 5.56 Å². The molecule has 0 bridgehead atoms. The molecule has 3 rings (SSSR count). The summed E-state index contributed by atoms with van der Waals surface area (Å²) < 4.78 is 0. The number of piperazine rings is 1. The molecule has 0 aliphatic carbocycles. The van der Waals surface area contributed by atoms with Crippen molar-refractivity contribution in [1.29, 1.82) is 0 Å². The highest BCUT2D eigenvalue weighted by Crippen LogP contribution is 2.19. The highest BCUT2D eigenvalue weighted by atomic mass is 35.5. The minimum Gasteiger partial charge on any atom is -0.339 e. The molecule has 1 aliphatic heterocycles. The summed E-state index contributed by atoms with van der Waals surface area (Å²) in [6.07, 6.45) is 0. The van der Waals surface area contributed by atoms with E-state index in [9.17, 15) is 4.79 Å². The van der Waals surface area contributed by atoms with E-state index >= 15 is 0 Å². The van der Waals surface area contributed by atoms with Gasteiger partial charge in [-0.3, -0.25) is 9.69 Å². The zero-order valence-corrected chi connectivity index (χ0v) is 14.3. The summed E-state index contributed by atoms with van der Waals surface area (Å²) >= 11 is 0. The fraction of sp³-hybridized carbons (Fsp3) is 0.389. The van der Waals surface area contributed by atoms with Gasteiger partial charge in [-0.1, -0.05) is 42.5 Å². The lowest BCUT2D eigenvalue weighted by Gasteiger charge is -2.29. The summed E-state index contributed by atoms with van der Waals surface area (Å²) in [5, 5.41) is 5.80. The second-order valence-corrected chi connectivity index (χ2v) is 5.94. The number of nitrogens with zero attached hydrogens (tertiary/aromatic N) is 2. The lowest BCUT2D eigenvalue weighted by Crippen LogP contribution is -2.49. The van der Waals surface area contributed by atoms with Gasteiger partial charge in [-0.05, 0) is 23.4 Å². The van der Waals surface area contributed by atoms with Crippen LogP contribution in [0.2, 0.25) is 0 Å². The van der Waals surface area contributed by atoms with Crippen LogP contribution in [0.4, 0.5) is 0 Å². The molecule has 1 fully saturated rings. The number of halogens is 1. The Balaban J connectivity index is 0.00000192. The van der Waals surface area contributed by atoms with E-state index in [0.717, 1.165) is 32.7 Å². The van der Waals surface area contributed by atoms with E-state index < -0.39 is 0 Å². The molecule has 0 atom stereocenters. The number of carbonyl (C=O) groups is 1. The van der Waals surface area contributed by atoms with E-state index in [1.807, 2.05) is 11.9 Å². The molecule has 1 heterocycles. The molecule has 124 valence electrons. The molecule has 2 aromatic rings. The van der Waals surface area contributed by atoms with E-state index in [2.05, 4.69) is 52.7 Å². The van der Waals surface area contributed by atoms with Crippen LogP contribution in [0.5, 0.6) is 0 Å². The van der Waals surface area contributed by atoms with Crippen molar-refractivity contribution in [1.82, 2.24) is 15.1 Å². The number of hydrogen-bond donors (Lipinski definition) is 1. The summed E-state index contributed by atoms with van der Waals surface area (Å²) in [4.78, 5) is 16.4. The summed E-state index contributed by atoms with van der Waals surface area (Å²) in [7, 11) is 2.02. The van der Waals surface area contributed by atoms with Crippen LogP contribution in [0.15, 0.2) is 42.5 Å². The molecular weight excluding hydrogens is 310 g/mol. The zero-order valence-electron chi connectivity index (χ0n) is 13.5. The first-order valence-corrected chi connectivity index (χ1v) is 7.88. The smallest absolute Gasteiger partial charge is 0.236 e. The summed E-state index contributed by atoms with van der Waals surface area (Å²) in [6.45, 7) is 4.71. The molecule has 5 heteroatoms. The lowest BCUT2D eigenvalue weighted by atomic mass is 10.0. The van der Waals surface area contributed by atoms with E-state index in [0.29, 0.717) is 6.54 Å². The number of benzene rings is 2. The number of fused-ring (bicyclic) bond motifs is 1.